The van der Waals surface area contributed by atoms with E-state index < -0.39 is 0 Å². The third kappa shape index (κ3) is 1.46. The highest BCUT2D eigenvalue weighted by Gasteiger charge is 2.33. The fraction of sp³-hybridized carbons (Fsp3) is 0.333. The van der Waals surface area contributed by atoms with Crippen LogP contribution in [0.25, 0.3) is 0 Å². The molecule has 3 rings (SSSR count). The summed E-state index contributed by atoms with van der Waals surface area (Å²) in [7, 11) is 0. The van der Waals surface area contributed by atoms with E-state index in [9.17, 15) is 0 Å². The molecule has 0 radical (unpaired) electrons. The van der Waals surface area contributed by atoms with Gasteiger partial charge >= 0.3 is 0 Å². The molecule has 1 heterocycles. The minimum Gasteiger partial charge on any atom is -0.399 e. The largest absolute Gasteiger partial charge is 0.399 e. The molecule has 2 N–H and O–H groups in total. The molecule has 4 heteroatoms. The lowest BCUT2D eigenvalue weighted by molar-refractivity contribution is 0.256. The van der Waals surface area contributed by atoms with Crippen LogP contribution in [0.1, 0.15) is 30.4 Å². The van der Waals surface area contributed by atoms with Gasteiger partial charge in [-0.3, -0.25) is 0 Å². The quantitative estimate of drug-likeness (QED) is 0.778. The average Bonchev–Trinajstić information content (AvgIpc) is 2.69. The summed E-state index contributed by atoms with van der Waals surface area (Å²) in [6, 6.07) is 8.66. The van der Waals surface area contributed by atoms with E-state index in [0.717, 1.165) is 5.69 Å². The molecule has 2 atom stereocenters. The van der Waals surface area contributed by atoms with E-state index in [1.165, 1.54) is 18.4 Å². The van der Waals surface area contributed by atoms with E-state index >= 15 is 0 Å². The van der Waals surface area contributed by atoms with Crippen LogP contribution in [0.4, 0.5) is 5.69 Å². The van der Waals surface area contributed by atoms with E-state index in [-0.39, 0.29) is 0 Å². The summed E-state index contributed by atoms with van der Waals surface area (Å²) >= 11 is 0. The van der Waals surface area contributed by atoms with Crippen molar-refractivity contribution in [1.82, 2.24) is 14.8 Å². The molecular weight excluding hydrogens is 200 g/mol. The van der Waals surface area contributed by atoms with Crippen molar-refractivity contribution < 1.29 is 0 Å². The SMILES string of the molecule is Nc1cccc([C@@H]2CC[C@H]2n2cnnc2)c1. The van der Waals surface area contributed by atoms with Gasteiger partial charge in [0.25, 0.3) is 0 Å². The summed E-state index contributed by atoms with van der Waals surface area (Å²) in [4.78, 5) is 0. The first kappa shape index (κ1) is 9.39. The van der Waals surface area contributed by atoms with Crippen LogP contribution in [0.5, 0.6) is 0 Å². The summed E-state index contributed by atoms with van der Waals surface area (Å²) in [6.45, 7) is 0. The van der Waals surface area contributed by atoms with Gasteiger partial charge in [-0.1, -0.05) is 12.1 Å². The molecule has 4 nitrogen and oxygen atoms in total. The predicted octanol–water partition coefficient (Wildman–Crippen LogP) is 1.98. The Morgan fingerprint density at radius 2 is 2.00 bits per heavy atom. The Hall–Kier alpha value is -1.84. The van der Waals surface area contributed by atoms with Crippen molar-refractivity contribution in [3.63, 3.8) is 0 Å². The standard InChI is InChI=1S/C12H14N4/c13-10-3-1-2-9(6-10)11-4-5-12(11)16-7-14-15-8-16/h1-3,6-8,11-12H,4-5,13H2/t11-,12+/m0/s1. The molecule has 2 aromatic rings. The van der Waals surface area contributed by atoms with Crippen LogP contribution in [0, 0.1) is 0 Å². The molecule has 0 spiro atoms. The Bertz CT molecular complexity index is 478. The number of nitrogens with two attached hydrogens (primary N) is 1. The number of aromatic nitrogens is 3. The van der Waals surface area contributed by atoms with Crippen LogP contribution in [0.15, 0.2) is 36.9 Å². The first-order chi connectivity index (χ1) is 7.84. The first-order valence-corrected chi connectivity index (χ1v) is 5.54. The molecule has 0 saturated heterocycles. The summed E-state index contributed by atoms with van der Waals surface area (Å²) in [5.41, 5.74) is 7.97. The number of rotatable bonds is 2. The van der Waals surface area contributed by atoms with Gasteiger partial charge in [-0.25, -0.2) is 0 Å². The van der Waals surface area contributed by atoms with Crippen molar-refractivity contribution in [2.24, 2.45) is 0 Å². The van der Waals surface area contributed by atoms with Crippen molar-refractivity contribution in [3.8, 4) is 0 Å². The Kier molecular flexibility index (Phi) is 2.13. The zero-order valence-electron chi connectivity index (χ0n) is 8.95. The molecule has 1 aliphatic carbocycles. The number of hydrogen-bond donors (Lipinski definition) is 1. The molecule has 1 fully saturated rings. The lowest BCUT2D eigenvalue weighted by atomic mass is 9.75. The topological polar surface area (TPSA) is 56.7 Å². The minimum absolute atomic E-state index is 0.497. The van der Waals surface area contributed by atoms with Crippen LogP contribution < -0.4 is 5.73 Å². The van der Waals surface area contributed by atoms with Gasteiger partial charge < -0.3 is 10.3 Å². The van der Waals surface area contributed by atoms with E-state index in [4.69, 9.17) is 5.73 Å². The van der Waals surface area contributed by atoms with Crippen molar-refractivity contribution in [2.75, 3.05) is 5.73 Å². The Balaban J connectivity index is 1.86. The molecule has 0 bridgehead atoms. The highest BCUT2D eigenvalue weighted by Crippen LogP contribution is 2.45. The van der Waals surface area contributed by atoms with Crippen LogP contribution in [-0.4, -0.2) is 14.8 Å². The third-order valence-corrected chi connectivity index (χ3v) is 3.40. The lowest BCUT2D eigenvalue weighted by Gasteiger charge is -2.37. The van der Waals surface area contributed by atoms with E-state index in [2.05, 4.69) is 26.9 Å². The zero-order chi connectivity index (χ0) is 11.0. The molecule has 1 aromatic heterocycles. The van der Waals surface area contributed by atoms with Crippen molar-refractivity contribution in [3.05, 3.63) is 42.5 Å². The molecule has 1 saturated carbocycles. The molecule has 0 unspecified atom stereocenters. The van der Waals surface area contributed by atoms with E-state index in [1.807, 2.05) is 12.1 Å². The molecule has 1 aliphatic rings. The number of benzene rings is 1. The van der Waals surface area contributed by atoms with Crippen LogP contribution in [0.2, 0.25) is 0 Å². The maximum atomic E-state index is 5.81. The molecule has 1 aromatic carbocycles. The second kappa shape index (κ2) is 3.63. The van der Waals surface area contributed by atoms with Crippen molar-refractivity contribution >= 4 is 5.69 Å². The fourth-order valence-corrected chi connectivity index (χ4v) is 2.40. The Morgan fingerprint density at radius 3 is 2.62 bits per heavy atom. The van der Waals surface area contributed by atoms with Gasteiger partial charge in [0.15, 0.2) is 0 Å². The summed E-state index contributed by atoms with van der Waals surface area (Å²) in [5.74, 6) is 0.555. The summed E-state index contributed by atoms with van der Waals surface area (Å²) in [5, 5.41) is 7.72. The minimum atomic E-state index is 0.497. The first-order valence-electron chi connectivity index (χ1n) is 5.54. The van der Waals surface area contributed by atoms with Gasteiger partial charge in [0.1, 0.15) is 12.7 Å². The van der Waals surface area contributed by atoms with Gasteiger partial charge in [-0.15, -0.1) is 10.2 Å². The predicted molar refractivity (Wildman–Crippen MR) is 61.9 cm³/mol. The maximum Gasteiger partial charge on any atom is 0.119 e. The van der Waals surface area contributed by atoms with E-state index in [0.29, 0.717) is 12.0 Å². The van der Waals surface area contributed by atoms with Gasteiger partial charge in [0.05, 0.1) is 0 Å². The Labute approximate surface area is 94.1 Å². The zero-order valence-corrected chi connectivity index (χ0v) is 8.95. The van der Waals surface area contributed by atoms with Gasteiger partial charge in [0, 0.05) is 17.6 Å². The monoisotopic (exact) mass is 214 g/mol. The van der Waals surface area contributed by atoms with Gasteiger partial charge in [-0.05, 0) is 30.5 Å². The van der Waals surface area contributed by atoms with Crippen molar-refractivity contribution in [2.45, 2.75) is 24.8 Å². The third-order valence-electron chi connectivity index (χ3n) is 3.40. The lowest BCUT2D eigenvalue weighted by Crippen LogP contribution is -2.26. The normalized spacial score (nSPS) is 24.0. The molecule has 0 aliphatic heterocycles. The number of nitrogens with zero attached hydrogens (tertiary/aromatic N) is 3. The van der Waals surface area contributed by atoms with Gasteiger partial charge in [-0.2, -0.15) is 0 Å². The summed E-state index contributed by atoms with van der Waals surface area (Å²) in [6.07, 6.45) is 6.00. The van der Waals surface area contributed by atoms with E-state index in [1.54, 1.807) is 12.7 Å². The smallest absolute Gasteiger partial charge is 0.119 e. The Morgan fingerprint density at radius 1 is 1.19 bits per heavy atom. The number of nitrogen functional groups attached to an aromatic ring is 1. The number of anilines is 1. The second-order valence-electron chi connectivity index (χ2n) is 4.33. The molecular formula is C12H14N4. The van der Waals surface area contributed by atoms with Gasteiger partial charge in [0.2, 0.25) is 0 Å². The van der Waals surface area contributed by atoms with Crippen molar-refractivity contribution in [1.29, 1.82) is 0 Å². The second-order valence-corrected chi connectivity index (χ2v) is 4.33. The molecule has 82 valence electrons. The summed E-state index contributed by atoms with van der Waals surface area (Å²) < 4.78 is 2.09. The van der Waals surface area contributed by atoms with Crippen LogP contribution >= 0.6 is 0 Å². The number of hydrogen-bond acceptors (Lipinski definition) is 3. The maximum absolute atomic E-state index is 5.81. The molecule has 0 amide bonds. The highest BCUT2D eigenvalue weighted by atomic mass is 15.2. The average molecular weight is 214 g/mol. The molecule has 16 heavy (non-hydrogen) atoms. The fourth-order valence-electron chi connectivity index (χ4n) is 2.40. The highest BCUT2D eigenvalue weighted by molar-refractivity contribution is 5.42. The van der Waals surface area contributed by atoms with Crippen LogP contribution in [0.3, 0.4) is 0 Å². The van der Waals surface area contributed by atoms with Crippen LogP contribution in [-0.2, 0) is 0 Å².